The Balaban J connectivity index is 2.22. The molecule has 0 saturated heterocycles. The molecule has 0 N–H and O–H groups in total. The maximum atomic E-state index is 11.4. The monoisotopic (exact) mass is 306 g/mol. The van der Waals surface area contributed by atoms with E-state index in [0.29, 0.717) is 5.69 Å². The molecule has 0 spiro atoms. The van der Waals surface area contributed by atoms with Gasteiger partial charge in [0.25, 0.3) is 0 Å². The first-order valence-electron chi connectivity index (χ1n) is 6.75. The van der Waals surface area contributed by atoms with E-state index in [0.717, 1.165) is 0 Å². The van der Waals surface area contributed by atoms with Gasteiger partial charge < -0.3 is 19.8 Å². The Hall–Kier alpha value is -3.41. The molecule has 0 aliphatic heterocycles. The molecule has 1 heterocycles. The summed E-state index contributed by atoms with van der Waals surface area (Å²) >= 11 is 0. The van der Waals surface area contributed by atoms with Gasteiger partial charge in [0.1, 0.15) is 5.69 Å². The fraction of sp³-hybridized carbons (Fsp3) is 0. The van der Waals surface area contributed by atoms with Crippen LogP contribution in [0.25, 0.3) is 16.9 Å². The molecule has 0 fully saturated rings. The van der Waals surface area contributed by atoms with Crippen LogP contribution in [0.3, 0.4) is 0 Å². The van der Waals surface area contributed by atoms with Crippen molar-refractivity contribution in [3.63, 3.8) is 0 Å². The molecule has 0 aliphatic rings. The molecule has 0 saturated carbocycles. The summed E-state index contributed by atoms with van der Waals surface area (Å²) in [6.07, 6.45) is 1.30. The van der Waals surface area contributed by atoms with Crippen LogP contribution in [0.1, 0.15) is 20.7 Å². The zero-order valence-electron chi connectivity index (χ0n) is 11.8. The lowest BCUT2D eigenvalue weighted by atomic mass is 10.0. The number of rotatable bonds is 4. The zero-order chi connectivity index (χ0) is 16.4. The van der Waals surface area contributed by atoms with E-state index < -0.39 is 11.9 Å². The highest BCUT2D eigenvalue weighted by Crippen LogP contribution is 2.26. The molecule has 0 amide bonds. The number of para-hydroxylation sites is 1. The second-order valence-corrected chi connectivity index (χ2v) is 4.79. The van der Waals surface area contributed by atoms with Crippen molar-refractivity contribution in [3.05, 3.63) is 71.9 Å². The highest BCUT2D eigenvalue weighted by molar-refractivity contribution is 5.99. The van der Waals surface area contributed by atoms with E-state index >= 15 is 0 Å². The normalized spacial score (nSPS) is 10.4. The Bertz CT molecular complexity index is 885. The van der Waals surface area contributed by atoms with E-state index in [1.165, 1.54) is 29.1 Å². The van der Waals surface area contributed by atoms with E-state index in [1.807, 2.05) is 6.07 Å². The molecule has 0 aliphatic carbocycles. The summed E-state index contributed by atoms with van der Waals surface area (Å²) in [7, 11) is 0. The van der Waals surface area contributed by atoms with Gasteiger partial charge in [-0.15, -0.1) is 0 Å². The number of carboxylic acid groups (broad SMARTS) is 2. The van der Waals surface area contributed by atoms with Crippen LogP contribution in [0.5, 0.6) is 0 Å². The molecule has 1 aromatic heterocycles. The number of aromatic carboxylic acids is 2. The molecule has 0 unspecified atom stereocenters. The van der Waals surface area contributed by atoms with Crippen LogP contribution < -0.4 is 10.2 Å². The van der Waals surface area contributed by atoms with Crippen molar-refractivity contribution in [2.24, 2.45) is 0 Å². The predicted molar refractivity (Wildman–Crippen MR) is 77.7 cm³/mol. The van der Waals surface area contributed by atoms with Crippen molar-refractivity contribution < 1.29 is 19.8 Å². The van der Waals surface area contributed by atoms with Crippen LogP contribution in [-0.2, 0) is 0 Å². The minimum absolute atomic E-state index is 0.0219. The first kappa shape index (κ1) is 14.5. The number of aromatic nitrogens is 2. The second-order valence-electron chi connectivity index (χ2n) is 4.79. The molecular formula is C17H10N2O4-2. The highest BCUT2D eigenvalue weighted by atomic mass is 16.4. The van der Waals surface area contributed by atoms with Crippen molar-refractivity contribution in [1.82, 2.24) is 9.78 Å². The predicted octanol–water partition coefficient (Wildman–Crippen LogP) is 0.266. The molecule has 2 aromatic carbocycles. The Morgan fingerprint density at radius 2 is 1.43 bits per heavy atom. The van der Waals surface area contributed by atoms with E-state index in [4.69, 9.17) is 0 Å². The van der Waals surface area contributed by atoms with E-state index in [1.54, 1.807) is 30.3 Å². The van der Waals surface area contributed by atoms with Gasteiger partial charge in [-0.3, -0.25) is 0 Å². The molecule has 0 atom stereocenters. The van der Waals surface area contributed by atoms with Crippen LogP contribution >= 0.6 is 0 Å². The van der Waals surface area contributed by atoms with Crippen molar-refractivity contribution in [2.45, 2.75) is 0 Å². The maximum Gasteiger partial charge on any atom is 0.102 e. The summed E-state index contributed by atoms with van der Waals surface area (Å²) in [6.45, 7) is 0. The van der Waals surface area contributed by atoms with E-state index in [-0.39, 0.29) is 22.4 Å². The van der Waals surface area contributed by atoms with Gasteiger partial charge >= 0.3 is 0 Å². The van der Waals surface area contributed by atoms with Crippen molar-refractivity contribution >= 4 is 11.9 Å². The average Bonchev–Trinajstić information content (AvgIpc) is 3.01. The summed E-state index contributed by atoms with van der Waals surface area (Å²) < 4.78 is 1.37. The third kappa shape index (κ3) is 2.69. The number of benzene rings is 2. The fourth-order valence-corrected chi connectivity index (χ4v) is 2.30. The van der Waals surface area contributed by atoms with Gasteiger partial charge in [0.15, 0.2) is 0 Å². The summed E-state index contributed by atoms with van der Waals surface area (Å²) in [6, 6.07) is 14.8. The van der Waals surface area contributed by atoms with Crippen LogP contribution in [0.2, 0.25) is 0 Å². The molecule has 3 aromatic rings. The standard InChI is InChI=1S/C17H12N2O4/c20-16(21)13-9-5-4-8-12(13)15-14(17(22)23)10-19(18-15)11-6-2-1-3-7-11/h1-10H,(H,20,21)(H,22,23)/p-2. The molecule has 6 nitrogen and oxygen atoms in total. The minimum Gasteiger partial charge on any atom is -0.545 e. The first-order chi connectivity index (χ1) is 11.1. The van der Waals surface area contributed by atoms with E-state index in [9.17, 15) is 19.8 Å². The van der Waals surface area contributed by atoms with Gasteiger partial charge in [0.05, 0.1) is 17.6 Å². The van der Waals surface area contributed by atoms with Crippen LogP contribution in [0.15, 0.2) is 60.8 Å². The summed E-state index contributed by atoms with van der Waals surface area (Å²) in [5.74, 6) is -2.84. The smallest absolute Gasteiger partial charge is 0.102 e. The van der Waals surface area contributed by atoms with Gasteiger partial charge in [-0.2, -0.15) is 5.10 Å². The van der Waals surface area contributed by atoms with Gasteiger partial charge in [-0.1, -0.05) is 42.5 Å². The van der Waals surface area contributed by atoms with Crippen LogP contribution in [-0.4, -0.2) is 21.7 Å². The molecule has 23 heavy (non-hydrogen) atoms. The summed E-state index contributed by atoms with van der Waals surface area (Å²) in [4.78, 5) is 22.6. The number of carbonyl (C=O) groups is 2. The van der Waals surface area contributed by atoms with Gasteiger partial charge in [0.2, 0.25) is 0 Å². The molecule has 0 radical (unpaired) electrons. The van der Waals surface area contributed by atoms with Gasteiger partial charge in [-0.25, -0.2) is 4.68 Å². The molecule has 114 valence electrons. The molecule has 3 rings (SSSR count). The lowest BCUT2D eigenvalue weighted by Crippen LogP contribution is -2.24. The fourth-order valence-electron chi connectivity index (χ4n) is 2.30. The number of hydrogen-bond acceptors (Lipinski definition) is 5. The second kappa shape index (κ2) is 5.76. The summed E-state index contributed by atoms with van der Waals surface area (Å²) in [5.41, 5.74) is 0.512. The van der Waals surface area contributed by atoms with Crippen molar-refractivity contribution in [2.75, 3.05) is 0 Å². The quantitative estimate of drug-likeness (QED) is 0.689. The van der Waals surface area contributed by atoms with E-state index in [2.05, 4.69) is 5.10 Å². The number of nitrogens with zero attached hydrogens (tertiary/aromatic N) is 2. The highest BCUT2D eigenvalue weighted by Gasteiger charge is 2.16. The van der Waals surface area contributed by atoms with Crippen molar-refractivity contribution in [3.8, 4) is 16.9 Å². The van der Waals surface area contributed by atoms with Crippen LogP contribution in [0, 0.1) is 0 Å². The minimum atomic E-state index is -1.43. The lowest BCUT2D eigenvalue weighted by Gasteiger charge is -2.10. The average molecular weight is 306 g/mol. The Morgan fingerprint density at radius 1 is 0.826 bits per heavy atom. The SMILES string of the molecule is O=C([O-])c1ccccc1-c1nn(-c2ccccc2)cc1C(=O)[O-]. The largest absolute Gasteiger partial charge is 0.545 e. The molecular weight excluding hydrogens is 296 g/mol. The van der Waals surface area contributed by atoms with Gasteiger partial charge in [-0.05, 0) is 12.1 Å². The maximum absolute atomic E-state index is 11.4. The Kier molecular flexibility index (Phi) is 3.64. The number of hydrogen-bond donors (Lipinski definition) is 0. The Morgan fingerprint density at radius 3 is 2.09 bits per heavy atom. The molecule has 6 heteroatoms. The third-order valence-electron chi connectivity index (χ3n) is 3.36. The zero-order valence-corrected chi connectivity index (χ0v) is 11.8. The molecule has 0 bridgehead atoms. The van der Waals surface area contributed by atoms with Crippen molar-refractivity contribution in [1.29, 1.82) is 0 Å². The van der Waals surface area contributed by atoms with Gasteiger partial charge in [0, 0.05) is 22.9 Å². The summed E-state index contributed by atoms with van der Waals surface area (Å²) in [5, 5.41) is 26.9. The lowest BCUT2D eigenvalue weighted by molar-refractivity contribution is -0.256. The Labute approximate surface area is 131 Å². The first-order valence-corrected chi connectivity index (χ1v) is 6.75. The topological polar surface area (TPSA) is 98.1 Å². The third-order valence-corrected chi connectivity index (χ3v) is 3.36. The number of carboxylic acids is 2. The number of carbonyl (C=O) groups excluding carboxylic acids is 2. The van der Waals surface area contributed by atoms with Crippen LogP contribution in [0.4, 0.5) is 0 Å².